The second kappa shape index (κ2) is 4.42. The van der Waals surface area contributed by atoms with Crippen LogP contribution in [0.5, 0.6) is 0 Å². The van der Waals surface area contributed by atoms with E-state index >= 15 is 0 Å². The lowest BCUT2D eigenvalue weighted by Gasteiger charge is -2.29. The average molecular weight is 244 g/mol. The van der Waals surface area contributed by atoms with Crippen LogP contribution in [0.3, 0.4) is 0 Å². The van der Waals surface area contributed by atoms with Gasteiger partial charge in [0.2, 0.25) is 5.91 Å². The third-order valence-electron chi connectivity index (χ3n) is 2.58. The summed E-state index contributed by atoms with van der Waals surface area (Å²) >= 11 is 11.5. The molecule has 4 heteroatoms. The molecule has 1 aromatic rings. The summed E-state index contributed by atoms with van der Waals surface area (Å²) in [4.78, 5) is 13.3. The monoisotopic (exact) mass is 243 g/mol. The lowest BCUT2D eigenvalue weighted by atomic mass is 10.0. The number of aryl methyl sites for hydroxylation is 1. The zero-order valence-electron chi connectivity index (χ0n) is 8.17. The van der Waals surface area contributed by atoms with Crippen molar-refractivity contribution >= 4 is 34.8 Å². The van der Waals surface area contributed by atoms with Gasteiger partial charge in [-0.1, -0.05) is 11.6 Å². The van der Waals surface area contributed by atoms with Crippen molar-refractivity contribution in [2.45, 2.75) is 12.8 Å². The van der Waals surface area contributed by atoms with E-state index in [1.165, 1.54) is 0 Å². The van der Waals surface area contributed by atoms with Crippen LogP contribution < -0.4 is 4.90 Å². The molecular weight excluding hydrogens is 233 g/mol. The Labute approximate surface area is 98.8 Å². The molecular formula is C11H11Cl2NO. The molecule has 0 fully saturated rings. The summed E-state index contributed by atoms with van der Waals surface area (Å²) in [5, 5.41) is 0.717. The van der Waals surface area contributed by atoms with E-state index < -0.39 is 0 Å². The second-order valence-electron chi connectivity index (χ2n) is 3.56. The van der Waals surface area contributed by atoms with Crippen molar-refractivity contribution in [3.8, 4) is 0 Å². The average Bonchev–Trinajstić information content (AvgIpc) is 2.26. The number of carbonyl (C=O) groups is 1. The first kappa shape index (κ1) is 10.8. The molecule has 0 aliphatic carbocycles. The van der Waals surface area contributed by atoms with Crippen molar-refractivity contribution in [1.82, 2.24) is 0 Å². The van der Waals surface area contributed by atoms with Crippen LogP contribution in [0.1, 0.15) is 12.0 Å². The molecule has 1 aliphatic heterocycles. The molecule has 0 saturated heterocycles. The van der Waals surface area contributed by atoms with Crippen LogP contribution in [0, 0.1) is 0 Å². The third kappa shape index (κ3) is 2.11. The summed E-state index contributed by atoms with van der Waals surface area (Å²) in [6, 6.07) is 5.62. The Bertz CT molecular complexity index is 392. The maximum Gasteiger partial charge on any atom is 0.241 e. The number of amides is 1. The van der Waals surface area contributed by atoms with Gasteiger partial charge in [-0.05, 0) is 36.6 Å². The molecule has 1 heterocycles. The van der Waals surface area contributed by atoms with Crippen LogP contribution >= 0.6 is 23.2 Å². The zero-order valence-corrected chi connectivity index (χ0v) is 9.68. The van der Waals surface area contributed by atoms with Gasteiger partial charge in [-0.15, -0.1) is 11.6 Å². The predicted octanol–water partition coefficient (Wildman–Crippen LogP) is 2.86. The Morgan fingerprint density at radius 1 is 1.47 bits per heavy atom. The molecule has 0 saturated carbocycles. The first-order valence-corrected chi connectivity index (χ1v) is 5.78. The summed E-state index contributed by atoms with van der Waals surface area (Å²) in [6.45, 7) is 0.750. The standard InChI is InChI=1S/C11H11Cl2NO/c12-7-11(15)14-5-1-2-8-6-9(13)3-4-10(8)14/h3-4,6H,1-2,5,7H2. The van der Waals surface area contributed by atoms with E-state index in [1.807, 2.05) is 12.1 Å². The van der Waals surface area contributed by atoms with Gasteiger partial charge in [0.15, 0.2) is 0 Å². The lowest BCUT2D eigenvalue weighted by molar-refractivity contribution is -0.116. The van der Waals surface area contributed by atoms with E-state index in [2.05, 4.69) is 0 Å². The van der Waals surface area contributed by atoms with Gasteiger partial charge < -0.3 is 4.90 Å². The summed E-state index contributed by atoms with van der Waals surface area (Å²) in [6.07, 6.45) is 1.94. The summed E-state index contributed by atoms with van der Waals surface area (Å²) in [5.41, 5.74) is 2.09. The molecule has 0 spiro atoms. The maximum atomic E-state index is 11.6. The molecule has 15 heavy (non-hydrogen) atoms. The molecule has 1 amide bonds. The molecule has 2 rings (SSSR count). The number of hydrogen-bond donors (Lipinski definition) is 0. The normalized spacial score (nSPS) is 14.9. The summed E-state index contributed by atoms with van der Waals surface area (Å²) in [5.74, 6) is -0.0119. The molecule has 0 bridgehead atoms. The van der Waals surface area contributed by atoms with Crippen molar-refractivity contribution in [1.29, 1.82) is 0 Å². The quantitative estimate of drug-likeness (QED) is 0.695. The number of anilines is 1. The van der Waals surface area contributed by atoms with Crippen molar-refractivity contribution in [3.05, 3.63) is 28.8 Å². The van der Waals surface area contributed by atoms with E-state index in [0.29, 0.717) is 5.02 Å². The Morgan fingerprint density at radius 2 is 2.27 bits per heavy atom. The van der Waals surface area contributed by atoms with Crippen LogP contribution in [0.2, 0.25) is 5.02 Å². The number of nitrogens with zero attached hydrogens (tertiary/aromatic N) is 1. The van der Waals surface area contributed by atoms with Gasteiger partial charge in [0.1, 0.15) is 5.88 Å². The van der Waals surface area contributed by atoms with Gasteiger partial charge >= 0.3 is 0 Å². The highest BCUT2D eigenvalue weighted by Crippen LogP contribution is 2.29. The highest BCUT2D eigenvalue weighted by Gasteiger charge is 2.21. The SMILES string of the molecule is O=C(CCl)N1CCCc2cc(Cl)ccc21. The van der Waals surface area contributed by atoms with Crippen molar-refractivity contribution in [2.24, 2.45) is 0 Å². The number of rotatable bonds is 1. The van der Waals surface area contributed by atoms with Crippen LogP contribution in [-0.2, 0) is 11.2 Å². The molecule has 80 valence electrons. The van der Waals surface area contributed by atoms with Crippen LogP contribution in [0.4, 0.5) is 5.69 Å². The highest BCUT2D eigenvalue weighted by molar-refractivity contribution is 6.31. The Kier molecular flexibility index (Phi) is 3.17. The molecule has 0 N–H and O–H groups in total. The minimum Gasteiger partial charge on any atom is -0.311 e. The zero-order chi connectivity index (χ0) is 10.8. The number of carbonyl (C=O) groups excluding carboxylic acids is 1. The van der Waals surface area contributed by atoms with E-state index in [-0.39, 0.29) is 11.8 Å². The largest absolute Gasteiger partial charge is 0.311 e. The van der Waals surface area contributed by atoms with E-state index in [9.17, 15) is 4.79 Å². The van der Waals surface area contributed by atoms with Crippen LogP contribution in [0.15, 0.2) is 18.2 Å². The van der Waals surface area contributed by atoms with Crippen molar-refractivity contribution in [2.75, 3.05) is 17.3 Å². The molecule has 0 radical (unpaired) electrons. The van der Waals surface area contributed by atoms with Crippen molar-refractivity contribution < 1.29 is 4.79 Å². The molecule has 1 aromatic carbocycles. The molecule has 0 atom stereocenters. The van der Waals surface area contributed by atoms with Gasteiger partial charge in [-0.2, -0.15) is 0 Å². The molecule has 0 unspecified atom stereocenters. The summed E-state index contributed by atoms with van der Waals surface area (Å²) in [7, 11) is 0. The van der Waals surface area contributed by atoms with Crippen LogP contribution in [0.25, 0.3) is 0 Å². The first-order chi connectivity index (χ1) is 7.22. The van der Waals surface area contributed by atoms with Gasteiger partial charge in [-0.25, -0.2) is 0 Å². The molecule has 0 aromatic heterocycles. The van der Waals surface area contributed by atoms with Gasteiger partial charge in [0.25, 0.3) is 0 Å². The topological polar surface area (TPSA) is 20.3 Å². The number of fused-ring (bicyclic) bond motifs is 1. The first-order valence-electron chi connectivity index (χ1n) is 4.87. The van der Waals surface area contributed by atoms with Gasteiger partial charge in [0.05, 0.1) is 0 Å². The van der Waals surface area contributed by atoms with E-state index in [4.69, 9.17) is 23.2 Å². The third-order valence-corrected chi connectivity index (χ3v) is 3.04. The number of halogens is 2. The number of benzene rings is 1. The smallest absolute Gasteiger partial charge is 0.241 e. The van der Waals surface area contributed by atoms with Crippen molar-refractivity contribution in [3.63, 3.8) is 0 Å². The minimum absolute atomic E-state index is 0.0298. The fourth-order valence-corrected chi connectivity index (χ4v) is 2.24. The maximum absolute atomic E-state index is 11.6. The molecule has 2 nitrogen and oxygen atoms in total. The van der Waals surface area contributed by atoms with Crippen LogP contribution in [-0.4, -0.2) is 18.3 Å². The number of alkyl halides is 1. The fraction of sp³-hybridized carbons (Fsp3) is 0.364. The Morgan fingerprint density at radius 3 is 3.00 bits per heavy atom. The highest BCUT2D eigenvalue weighted by atomic mass is 35.5. The lowest BCUT2D eigenvalue weighted by Crippen LogP contribution is -2.36. The summed E-state index contributed by atoms with van der Waals surface area (Å²) < 4.78 is 0. The van der Waals surface area contributed by atoms with E-state index in [1.54, 1.807) is 11.0 Å². The van der Waals surface area contributed by atoms with Gasteiger partial charge in [0, 0.05) is 17.3 Å². The Hall–Kier alpha value is -0.730. The molecule has 1 aliphatic rings. The fourth-order valence-electron chi connectivity index (χ4n) is 1.90. The van der Waals surface area contributed by atoms with Gasteiger partial charge in [-0.3, -0.25) is 4.79 Å². The minimum atomic E-state index is -0.0417. The van der Waals surface area contributed by atoms with E-state index in [0.717, 1.165) is 30.6 Å². The predicted molar refractivity (Wildman–Crippen MR) is 62.8 cm³/mol. The Balaban J connectivity index is 2.38. The number of hydrogen-bond acceptors (Lipinski definition) is 1. The second-order valence-corrected chi connectivity index (χ2v) is 4.26.